The third-order valence-corrected chi connectivity index (χ3v) is 6.40. The van der Waals surface area contributed by atoms with Gasteiger partial charge < -0.3 is 4.74 Å². The number of cyclic esters (lactones) is 2. The molecule has 0 unspecified atom stereocenters. The molecule has 3 heteroatoms. The van der Waals surface area contributed by atoms with Gasteiger partial charge in [-0.2, -0.15) is 0 Å². The third-order valence-electron chi connectivity index (χ3n) is 6.40. The first kappa shape index (κ1) is 9.76. The van der Waals surface area contributed by atoms with Crippen molar-refractivity contribution < 1.29 is 14.3 Å². The van der Waals surface area contributed by atoms with Gasteiger partial charge in [-0.05, 0) is 48.9 Å². The fraction of sp³-hybridized carbons (Fsp3) is 0.733. The molecule has 0 aromatic heterocycles. The van der Waals surface area contributed by atoms with Gasteiger partial charge in [0.25, 0.3) is 0 Å². The Bertz CT molecular complexity index is 488. The molecule has 3 nitrogen and oxygen atoms in total. The number of allylic oxidation sites excluding steroid dienone is 2. The Morgan fingerprint density at radius 1 is 0.889 bits per heavy atom. The number of hydrogen-bond acceptors (Lipinski definition) is 3. The summed E-state index contributed by atoms with van der Waals surface area (Å²) in [6, 6.07) is 0. The lowest BCUT2D eigenvalue weighted by Gasteiger charge is -2.28. The summed E-state index contributed by atoms with van der Waals surface area (Å²) in [6.07, 6.45) is 3.91. The molecular weight excluding hydrogens is 228 g/mol. The van der Waals surface area contributed by atoms with Gasteiger partial charge >= 0.3 is 11.9 Å². The van der Waals surface area contributed by atoms with Crippen LogP contribution in [0.4, 0.5) is 0 Å². The van der Waals surface area contributed by atoms with Crippen molar-refractivity contribution in [3.8, 4) is 0 Å². The molecular formula is C15H16O3. The van der Waals surface area contributed by atoms with Gasteiger partial charge in [0.2, 0.25) is 0 Å². The summed E-state index contributed by atoms with van der Waals surface area (Å²) in [5.74, 6) is 1.89. The Morgan fingerprint density at radius 3 is 1.89 bits per heavy atom. The maximum atomic E-state index is 11.9. The second-order valence-electron chi connectivity index (χ2n) is 6.82. The van der Waals surface area contributed by atoms with Crippen molar-refractivity contribution in [2.45, 2.75) is 26.2 Å². The summed E-state index contributed by atoms with van der Waals surface area (Å²) in [7, 11) is 0. The molecule has 5 rings (SSSR count). The van der Waals surface area contributed by atoms with Crippen LogP contribution in [0.15, 0.2) is 11.1 Å². The zero-order valence-corrected chi connectivity index (χ0v) is 10.4. The van der Waals surface area contributed by atoms with Crippen molar-refractivity contribution in [1.29, 1.82) is 0 Å². The van der Waals surface area contributed by atoms with Crippen molar-refractivity contribution in [2.24, 2.45) is 41.4 Å². The Hall–Kier alpha value is -1.12. The molecule has 4 bridgehead atoms. The number of carbonyl (C=O) groups excluding carboxylic acids is 2. The molecule has 6 atom stereocenters. The van der Waals surface area contributed by atoms with Crippen LogP contribution in [-0.2, 0) is 14.3 Å². The average Bonchev–Trinajstić information content (AvgIpc) is 3.07. The van der Waals surface area contributed by atoms with E-state index in [0.717, 1.165) is 11.8 Å². The van der Waals surface area contributed by atoms with E-state index in [-0.39, 0.29) is 23.8 Å². The summed E-state index contributed by atoms with van der Waals surface area (Å²) in [5.41, 5.74) is 3.19. The molecule has 18 heavy (non-hydrogen) atoms. The zero-order valence-electron chi connectivity index (χ0n) is 10.4. The molecule has 94 valence electrons. The largest absolute Gasteiger partial charge is 0.393 e. The smallest absolute Gasteiger partial charge is 0.318 e. The lowest BCUT2D eigenvalue weighted by Crippen LogP contribution is -2.29. The van der Waals surface area contributed by atoms with Gasteiger partial charge in [-0.3, -0.25) is 9.59 Å². The molecule has 1 aliphatic heterocycles. The monoisotopic (exact) mass is 244 g/mol. The molecule has 0 amide bonds. The summed E-state index contributed by atoms with van der Waals surface area (Å²) in [4.78, 5) is 23.9. The van der Waals surface area contributed by atoms with Crippen molar-refractivity contribution in [1.82, 2.24) is 0 Å². The normalized spacial score (nSPS) is 55.3. The average molecular weight is 244 g/mol. The Kier molecular flexibility index (Phi) is 1.48. The maximum absolute atomic E-state index is 11.9. The maximum Gasteiger partial charge on any atom is 0.318 e. The van der Waals surface area contributed by atoms with Crippen molar-refractivity contribution in [3.05, 3.63) is 11.1 Å². The van der Waals surface area contributed by atoms with Crippen LogP contribution in [0.25, 0.3) is 0 Å². The van der Waals surface area contributed by atoms with Gasteiger partial charge in [0.1, 0.15) is 0 Å². The third kappa shape index (κ3) is 0.799. The van der Waals surface area contributed by atoms with Crippen LogP contribution >= 0.6 is 0 Å². The van der Waals surface area contributed by atoms with E-state index in [2.05, 4.69) is 6.92 Å². The number of esters is 2. The molecule has 0 spiro atoms. The van der Waals surface area contributed by atoms with Crippen molar-refractivity contribution in [3.63, 3.8) is 0 Å². The number of ether oxygens (including phenoxy) is 1. The fourth-order valence-electron chi connectivity index (χ4n) is 6.05. The van der Waals surface area contributed by atoms with Crippen molar-refractivity contribution in [2.75, 3.05) is 0 Å². The number of rotatable bonds is 0. The van der Waals surface area contributed by atoms with E-state index >= 15 is 0 Å². The molecule has 0 aromatic rings. The minimum Gasteiger partial charge on any atom is -0.393 e. The quantitative estimate of drug-likeness (QED) is 0.283. The van der Waals surface area contributed by atoms with Gasteiger partial charge in [-0.25, -0.2) is 0 Å². The van der Waals surface area contributed by atoms with E-state index in [0.29, 0.717) is 17.8 Å². The highest BCUT2D eigenvalue weighted by Gasteiger charge is 2.69. The van der Waals surface area contributed by atoms with Gasteiger partial charge in [0, 0.05) is 0 Å². The lowest BCUT2D eigenvalue weighted by molar-refractivity contribution is -0.155. The first-order valence-electron chi connectivity index (χ1n) is 7.18. The summed E-state index contributed by atoms with van der Waals surface area (Å²) in [6.45, 7) is 2.24. The summed E-state index contributed by atoms with van der Waals surface area (Å²) in [5, 5.41) is 0. The fourth-order valence-corrected chi connectivity index (χ4v) is 6.05. The van der Waals surface area contributed by atoms with E-state index in [1.807, 2.05) is 0 Å². The van der Waals surface area contributed by atoms with Crippen LogP contribution in [0.3, 0.4) is 0 Å². The second kappa shape index (κ2) is 2.73. The summed E-state index contributed by atoms with van der Waals surface area (Å²) < 4.78 is 4.91. The van der Waals surface area contributed by atoms with Crippen LogP contribution in [0.5, 0.6) is 0 Å². The molecule has 5 aliphatic rings. The number of fused-ring (bicyclic) bond motifs is 11. The van der Waals surface area contributed by atoms with E-state index < -0.39 is 0 Å². The predicted molar refractivity (Wildman–Crippen MR) is 62.1 cm³/mol. The molecule has 0 N–H and O–H groups in total. The van der Waals surface area contributed by atoms with Crippen LogP contribution in [0.1, 0.15) is 26.2 Å². The van der Waals surface area contributed by atoms with E-state index in [1.165, 1.54) is 19.3 Å². The van der Waals surface area contributed by atoms with Crippen molar-refractivity contribution >= 4 is 11.9 Å². The highest BCUT2D eigenvalue weighted by Crippen LogP contribution is 2.70. The number of hydrogen-bond donors (Lipinski definition) is 0. The Balaban J connectivity index is 1.71. The van der Waals surface area contributed by atoms with E-state index in [1.54, 1.807) is 11.1 Å². The molecule has 0 radical (unpaired) electrons. The molecule has 4 aliphatic carbocycles. The van der Waals surface area contributed by atoms with E-state index in [4.69, 9.17) is 4.74 Å². The number of carbonyl (C=O) groups is 2. The Labute approximate surface area is 106 Å². The molecule has 3 fully saturated rings. The lowest BCUT2D eigenvalue weighted by atomic mass is 9.72. The SMILES string of the molecule is CC1[C@H]2C3=C([C@H]4CC[C@H]3C4)[C@H]1[C@H]1C(=O)OC(=O)[C@@H]12. The minimum atomic E-state index is -0.237. The summed E-state index contributed by atoms with van der Waals surface area (Å²) >= 11 is 0. The van der Waals surface area contributed by atoms with E-state index in [9.17, 15) is 9.59 Å². The molecule has 1 heterocycles. The molecule has 2 saturated carbocycles. The Morgan fingerprint density at radius 2 is 1.39 bits per heavy atom. The zero-order chi connectivity index (χ0) is 12.2. The second-order valence-corrected chi connectivity index (χ2v) is 6.82. The van der Waals surface area contributed by atoms with Crippen LogP contribution in [0.2, 0.25) is 0 Å². The highest BCUT2D eigenvalue weighted by atomic mass is 16.6. The first-order chi connectivity index (χ1) is 8.68. The first-order valence-corrected chi connectivity index (χ1v) is 7.18. The van der Waals surface area contributed by atoms with Gasteiger partial charge in [-0.1, -0.05) is 18.1 Å². The van der Waals surface area contributed by atoms with Crippen LogP contribution in [0, 0.1) is 41.4 Å². The van der Waals surface area contributed by atoms with Crippen LogP contribution in [-0.4, -0.2) is 11.9 Å². The van der Waals surface area contributed by atoms with Gasteiger partial charge in [0.05, 0.1) is 11.8 Å². The standard InChI is InChI=1S/C15H16O3/c1-5-8-10-6-2-3-7(4-6)11(10)9(5)13-12(8)14(16)18-15(13)17/h5-9,12-13H,2-4H2,1H3/t6-,7-,8-,9-,12+,13+/m0/s1. The minimum absolute atomic E-state index is 0.129. The van der Waals surface area contributed by atoms with Crippen LogP contribution < -0.4 is 0 Å². The van der Waals surface area contributed by atoms with Gasteiger partial charge in [0.15, 0.2) is 0 Å². The predicted octanol–water partition coefficient (Wildman–Crippen LogP) is 1.92. The molecule has 0 aromatic carbocycles. The molecule has 1 saturated heterocycles. The highest BCUT2D eigenvalue weighted by molar-refractivity contribution is 5.98. The van der Waals surface area contributed by atoms with Gasteiger partial charge in [-0.15, -0.1) is 0 Å². The topological polar surface area (TPSA) is 43.4 Å².